The number of benzene rings is 2. The smallest absolute Gasteiger partial charge is 0.305 e. The van der Waals surface area contributed by atoms with Crippen molar-refractivity contribution in [3.63, 3.8) is 0 Å². The van der Waals surface area contributed by atoms with Crippen LogP contribution in [0.4, 0.5) is 25.1 Å². The number of urea groups is 1. The second-order valence-corrected chi connectivity index (χ2v) is 6.38. The van der Waals surface area contributed by atoms with E-state index in [0.29, 0.717) is 17.1 Å². The molecule has 0 saturated carbocycles. The van der Waals surface area contributed by atoms with Crippen LogP contribution in [0.3, 0.4) is 0 Å². The Balaban J connectivity index is 1.88. The Labute approximate surface area is 166 Å². The van der Waals surface area contributed by atoms with Crippen molar-refractivity contribution in [2.24, 2.45) is 0 Å². The van der Waals surface area contributed by atoms with E-state index in [0.717, 1.165) is 31.0 Å². The number of aromatic nitrogens is 2. The average molecular weight is 395 g/mol. The summed E-state index contributed by atoms with van der Waals surface area (Å²) in [5.41, 5.74) is 1.54. The summed E-state index contributed by atoms with van der Waals surface area (Å²) in [5.74, 6) is -1.84. The summed E-state index contributed by atoms with van der Waals surface area (Å²) >= 11 is 0. The van der Waals surface area contributed by atoms with Gasteiger partial charge in [0.1, 0.15) is 5.82 Å². The van der Waals surface area contributed by atoms with Crippen molar-refractivity contribution >= 4 is 17.5 Å². The highest BCUT2D eigenvalue weighted by atomic mass is 19.2. The van der Waals surface area contributed by atoms with Gasteiger partial charge in [0.25, 0.3) is 0 Å². The predicted molar refractivity (Wildman–Crippen MR) is 106 cm³/mol. The van der Waals surface area contributed by atoms with Gasteiger partial charge in [-0.3, -0.25) is 5.32 Å². The fraction of sp³-hybridized carbons (Fsp3) is 0.190. The number of hydrogen-bond donors (Lipinski definition) is 2. The Morgan fingerprint density at radius 2 is 1.97 bits per heavy atom. The first-order chi connectivity index (χ1) is 14.0. The molecule has 29 heavy (non-hydrogen) atoms. The van der Waals surface area contributed by atoms with Crippen molar-refractivity contribution in [2.45, 2.75) is 26.2 Å². The number of carbonyl (C=O) groups excluding carboxylic acids is 1. The van der Waals surface area contributed by atoms with E-state index in [-0.39, 0.29) is 5.69 Å². The molecule has 2 aromatic carbocycles. The number of nitriles is 1. The molecule has 0 aliphatic carbocycles. The number of nitrogens with one attached hydrogen (secondary N) is 2. The van der Waals surface area contributed by atoms with E-state index in [1.54, 1.807) is 30.3 Å². The molecule has 0 fully saturated rings. The van der Waals surface area contributed by atoms with Gasteiger partial charge in [0.05, 0.1) is 28.7 Å². The molecule has 0 atom stereocenters. The summed E-state index contributed by atoms with van der Waals surface area (Å²) in [6.45, 7) is 2.06. The maximum atomic E-state index is 13.8. The Kier molecular flexibility index (Phi) is 6.19. The molecule has 148 valence electrons. The molecule has 0 unspecified atom stereocenters. The number of carbonyl (C=O) groups is 1. The Morgan fingerprint density at radius 3 is 2.72 bits per heavy atom. The van der Waals surface area contributed by atoms with Gasteiger partial charge in [-0.05, 0) is 43.2 Å². The minimum atomic E-state index is -1.14. The molecular formula is C21H19F2N5O. The van der Waals surface area contributed by atoms with E-state index < -0.39 is 17.7 Å². The molecule has 3 rings (SSSR count). The van der Waals surface area contributed by atoms with Gasteiger partial charge in [-0.25, -0.2) is 18.3 Å². The molecule has 6 nitrogen and oxygen atoms in total. The van der Waals surface area contributed by atoms with E-state index in [2.05, 4.69) is 28.7 Å². The molecule has 0 spiro atoms. The fourth-order valence-corrected chi connectivity index (χ4v) is 2.77. The van der Waals surface area contributed by atoms with E-state index >= 15 is 0 Å². The largest absolute Gasteiger partial charge is 0.324 e. The monoisotopic (exact) mass is 395 g/mol. The molecular weight excluding hydrogens is 376 g/mol. The molecule has 3 aromatic rings. The van der Waals surface area contributed by atoms with Crippen LogP contribution in [0.25, 0.3) is 5.69 Å². The number of nitrogens with zero attached hydrogens (tertiary/aromatic N) is 3. The normalized spacial score (nSPS) is 10.4. The van der Waals surface area contributed by atoms with Crippen LogP contribution in [0.2, 0.25) is 0 Å². The Hall–Kier alpha value is -3.73. The van der Waals surface area contributed by atoms with Crippen molar-refractivity contribution in [2.75, 3.05) is 10.6 Å². The summed E-state index contributed by atoms with van der Waals surface area (Å²) in [4.78, 5) is 12.4. The summed E-state index contributed by atoms with van der Waals surface area (Å²) in [6.07, 6.45) is 2.63. The summed E-state index contributed by atoms with van der Waals surface area (Å²) in [7, 11) is 0. The first-order valence-corrected chi connectivity index (χ1v) is 9.13. The summed E-state index contributed by atoms with van der Waals surface area (Å²) in [5, 5.41) is 18.6. The number of rotatable bonds is 6. The summed E-state index contributed by atoms with van der Waals surface area (Å²) in [6, 6.07) is 13.4. The number of halogens is 2. The van der Waals surface area contributed by atoms with Gasteiger partial charge in [-0.15, -0.1) is 0 Å². The Bertz CT molecular complexity index is 1070. The number of amides is 2. The highest BCUT2D eigenvalue weighted by Crippen LogP contribution is 2.21. The van der Waals surface area contributed by atoms with E-state index in [1.807, 2.05) is 0 Å². The van der Waals surface area contributed by atoms with Gasteiger partial charge in [0.2, 0.25) is 0 Å². The van der Waals surface area contributed by atoms with E-state index in [4.69, 9.17) is 5.26 Å². The molecule has 0 bridgehead atoms. The minimum absolute atomic E-state index is 0.272. The third-order valence-electron chi connectivity index (χ3n) is 4.21. The highest BCUT2D eigenvalue weighted by molar-refractivity contribution is 5.99. The van der Waals surface area contributed by atoms with Gasteiger partial charge in [-0.2, -0.15) is 10.4 Å². The lowest BCUT2D eigenvalue weighted by Gasteiger charge is -2.11. The quantitative estimate of drug-likeness (QED) is 0.615. The maximum absolute atomic E-state index is 13.8. The zero-order valence-electron chi connectivity index (χ0n) is 15.7. The van der Waals surface area contributed by atoms with Crippen LogP contribution < -0.4 is 10.6 Å². The predicted octanol–water partition coefficient (Wildman–Crippen LogP) is 5.01. The third kappa shape index (κ3) is 4.76. The van der Waals surface area contributed by atoms with Crippen LogP contribution in [-0.2, 0) is 6.42 Å². The molecule has 0 aliphatic rings. The molecule has 0 radical (unpaired) electrons. The van der Waals surface area contributed by atoms with Crippen molar-refractivity contribution in [1.29, 1.82) is 5.26 Å². The van der Waals surface area contributed by atoms with Crippen molar-refractivity contribution < 1.29 is 13.6 Å². The van der Waals surface area contributed by atoms with Gasteiger partial charge in [0.15, 0.2) is 11.6 Å². The molecule has 0 saturated heterocycles. The zero-order valence-corrected chi connectivity index (χ0v) is 15.7. The topological polar surface area (TPSA) is 82.7 Å². The first-order valence-electron chi connectivity index (χ1n) is 9.13. The molecule has 1 aromatic heterocycles. The average Bonchev–Trinajstić information content (AvgIpc) is 3.12. The molecule has 8 heteroatoms. The van der Waals surface area contributed by atoms with Crippen molar-refractivity contribution in [3.8, 4) is 11.8 Å². The summed E-state index contributed by atoms with van der Waals surface area (Å²) < 4.78 is 28.7. The fourth-order valence-electron chi connectivity index (χ4n) is 2.77. The highest BCUT2D eigenvalue weighted by Gasteiger charge is 2.15. The van der Waals surface area contributed by atoms with Gasteiger partial charge < -0.3 is 5.32 Å². The van der Waals surface area contributed by atoms with Crippen molar-refractivity contribution in [3.05, 3.63) is 71.4 Å². The number of anilines is 2. The van der Waals surface area contributed by atoms with Gasteiger partial charge >= 0.3 is 6.03 Å². The Morgan fingerprint density at radius 1 is 1.17 bits per heavy atom. The lowest BCUT2D eigenvalue weighted by atomic mass is 10.2. The lowest BCUT2D eigenvalue weighted by molar-refractivity contribution is 0.262. The molecule has 2 amide bonds. The van der Waals surface area contributed by atoms with E-state index in [9.17, 15) is 13.6 Å². The van der Waals surface area contributed by atoms with E-state index in [1.165, 1.54) is 16.8 Å². The van der Waals surface area contributed by atoms with Crippen LogP contribution in [-0.4, -0.2) is 15.8 Å². The maximum Gasteiger partial charge on any atom is 0.324 e. The van der Waals surface area contributed by atoms with Crippen molar-refractivity contribution in [1.82, 2.24) is 9.78 Å². The van der Waals surface area contributed by atoms with Gasteiger partial charge in [-0.1, -0.05) is 25.5 Å². The van der Waals surface area contributed by atoms with Crippen LogP contribution in [0.15, 0.2) is 48.5 Å². The molecule has 0 aliphatic heterocycles. The zero-order chi connectivity index (χ0) is 20.8. The lowest BCUT2D eigenvalue weighted by Crippen LogP contribution is -2.22. The number of aryl methyl sites for hydroxylation is 1. The van der Waals surface area contributed by atoms with Crippen LogP contribution in [0.1, 0.15) is 31.0 Å². The third-order valence-corrected chi connectivity index (χ3v) is 4.21. The van der Waals surface area contributed by atoms with Gasteiger partial charge in [0, 0.05) is 6.07 Å². The van der Waals surface area contributed by atoms with Crippen LogP contribution in [0, 0.1) is 23.0 Å². The molecule has 2 N–H and O–H groups in total. The minimum Gasteiger partial charge on any atom is -0.305 e. The van der Waals surface area contributed by atoms with Crippen LogP contribution in [0.5, 0.6) is 0 Å². The molecule has 1 heterocycles. The standard InChI is InChI=1S/C21H19F2N5O/c1-2-3-7-15-12-19(28(27-15)16-8-4-6-14(11-16)13-24)26-21(29)25-18-10-5-9-17(22)20(18)23/h4-6,8-12H,2-3,7H2,1H3,(H2,25,26,29). The number of unbranched alkanes of at least 4 members (excludes halogenated alkanes) is 1. The second kappa shape index (κ2) is 8.97. The SMILES string of the molecule is CCCCc1cc(NC(=O)Nc2cccc(F)c2F)n(-c2cccc(C#N)c2)n1. The first kappa shape index (κ1) is 20.0. The van der Waals surface area contributed by atoms with Crippen LogP contribution >= 0.6 is 0 Å². The number of hydrogen-bond acceptors (Lipinski definition) is 3. The second-order valence-electron chi connectivity index (χ2n) is 6.38.